The molecule has 4 nitrogen and oxygen atoms in total. The molecule has 3 aromatic rings. The molecule has 0 aliphatic heterocycles. The van der Waals surface area contributed by atoms with Gasteiger partial charge in [0.2, 0.25) is 0 Å². The summed E-state index contributed by atoms with van der Waals surface area (Å²) >= 11 is 0. The molecule has 0 bridgehead atoms. The number of aromatic nitrogens is 2. The molecule has 1 aromatic heterocycles. The molecule has 3 rings (SSSR count). The van der Waals surface area contributed by atoms with Crippen LogP contribution in [-0.2, 0) is 6.42 Å². The van der Waals surface area contributed by atoms with Gasteiger partial charge in [0, 0.05) is 12.0 Å². The quantitative estimate of drug-likeness (QED) is 0.795. The second-order valence-electron chi connectivity index (χ2n) is 5.18. The third kappa shape index (κ3) is 2.94. The van der Waals surface area contributed by atoms with Crippen LogP contribution in [0.4, 0.5) is 0 Å². The molecule has 0 saturated carbocycles. The molecule has 4 heteroatoms. The highest BCUT2D eigenvalue weighted by molar-refractivity contribution is 5.56. The van der Waals surface area contributed by atoms with Crippen molar-refractivity contribution in [1.82, 2.24) is 10.1 Å². The first-order valence-electron chi connectivity index (χ1n) is 6.80. The molecule has 0 saturated heterocycles. The Labute approximate surface area is 123 Å². The van der Waals surface area contributed by atoms with Gasteiger partial charge in [0.15, 0.2) is 5.82 Å². The molecule has 2 aromatic carbocycles. The van der Waals surface area contributed by atoms with Crippen molar-refractivity contribution < 1.29 is 9.63 Å². The Kier molecular flexibility index (Phi) is 3.44. The Morgan fingerprint density at radius 3 is 2.71 bits per heavy atom. The maximum atomic E-state index is 9.55. The lowest BCUT2D eigenvalue weighted by atomic mass is 10.1. The number of aryl methyl sites for hydroxylation is 2. The van der Waals surface area contributed by atoms with Crippen molar-refractivity contribution in [2.75, 3.05) is 0 Å². The average molecular weight is 280 g/mol. The second-order valence-corrected chi connectivity index (χ2v) is 5.18. The number of benzene rings is 2. The van der Waals surface area contributed by atoms with Crippen molar-refractivity contribution in [2.45, 2.75) is 20.3 Å². The summed E-state index contributed by atoms with van der Waals surface area (Å²) in [6.45, 7) is 3.90. The standard InChI is InChI=1S/C17H16N2O2/c1-11-4-3-5-13(8-11)10-16-18-17(21-19-16)14-6-7-15(20)12(2)9-14/h3-9,20H,10H2,1-2H3. The molecule has 0 unspecified atom stereocenters. The fourth-order valence-corrected chi connectivity index (χ4v) is 2.24. The summed E-state index contributed by atoms with van der Waals surface area (Å²) in [6.07, 6.45) is 0.641. The predicted octanol–water partition coefficient (Wildman–Crippen LogP) is 3.65. The fraction of sp³-hybridized carbons (Fsp3) is 0.176. The number of aromatic hydroxyl groups is 1. The van der Waals surface area contributed by atoms with E-state index >= 15 is 0 Å². The Hall–Kier alpha value is -2.62. The number of phenolic OH excluding ortho intramolecular Hbond substituents is 1. The summed E-state index contributed by atoms with van der Waals surface area (Å²) in [6, 6.07) is 13.5. The summed E-state index contributed by atoms with van der Waals surface area (Å²) < 4.78 is 5.31. The van der Waals surface area contributed by atoms with Crippen LogP contribution < -0.4 is 0 Å². The number of phenols is 1. The fourth-order valence-electron chi connectivity index (χ4n) is 2.24. The first-order valence-corrected chi connectivity index (χ1v) is 6.80. The molecule has 106 valence electrons. The van der Waals surface area contributed by atoms with Crippen molar-refractivity contribution in [3.63, 3.8) is 0 Å². The Morgan fingerprint density at radius 2 is 1.95 bits per heavy atom. The Morgan fingerprint density at radius 1 is 1.10 bits per heavy atom. The lowest BCUT2D eigenvalue weighted by molar-refractivity contribution is 0.423. The van der Waals surface area contributed by atoms with Crippen molar-refractivity contribution in [3.05, 3.63) is 65.0 Å². The van der Waals surface area contributed by atoms with Gasteiger partial charge in [-0.2, -0.15) is 4.98 Å². The Balaban J connectivity index is 1.84. The van der Waals surface area contributed by atoms with Crippen LogP contribution in [-0.4, -0.2) is 15.2 Å². The minimum atomic E-state index is 0.262. The van der Waals surface area contributed by atoms with Gasteiger partial charge in [-0.25, -0.2) is 0 Å². The normalized spacial score (nSPS) is 10.8. The molecule has 1 N–H and O–H groups in total. The smallest absolute Gasteiger partial charge is 0.257 e. The molecular formula is C17H16N2O2. The molecule has 1 heterocycles. The number of hydrogen-bond acceptors (Lipinski definition) is 4. The van der Waals surface area contributed by atoms with E-state index in [0.29, 0.717) is 18.1 Å². The summed E-state index contributed by atoms with van der Waals surface area (Å²) in [5, 5.41) is 13.6. The molecule has 0 fully saturated rings. The van der Waals surface area contributed by atoms with Gasteiger partial charge in [-0.3, -0.25) is 0 Å². The van der Waals surface area contributed by atoms with Gasteiger partial charge in [-0.05, 0) is 43.2 Å². The second kappa shape index (κ2) is 5.40. The van der Waals surface area contributed by atoms with Gasteiger partial charge in [0.1, 0.15) is 5.75 Å². The number of nitrogens with zero attached hydrogens (tertiary/aromatic N) is 2. The third-order valence-electron chi connectivity index (χ3n) is 3.36. The minimum absolute atomic E-state index is 0.262. The molecule has 21 heavy (non-hydrogen) atoms. The minimum Gasteiger partial charge on any atom is -0.508 e. The van der Waals surface area contributed by atoms with E-state index in [4.69, 9.17) is 4.52 Å². The van der Waals surface area contributed by atoms with E-state index < -0.39 is 0 Å². The maximum Gasteiger partial charge on any atom is 0.257 e. The van der Waals surface area contributed by atoms with Crippen molar-refractivity contribution in [2.24, 2.45) is 0 Å². The average Bonchev–Trinajstić information content (AvgIpc) is 2.90. The van der Waals surface area contributed by atoms with Crippen LogP contribution in [0.25, 0.3) is 11.5 Å². The van der Waals surface area contributed by atoms with Crippen LogP contribution >= 0.6 is 0 Å². The van der Waals surface area contributed by atoms with E-state index in [1.54, 1.807) is 12.1 Å². The molecule has 0 spiro atoms. The van der Waals surface area contributed by atoms with Crippen LogP contribution in [0.5, 0.6) is 5.75 Å². The van der Waals surface area contributed by atoms with Gasteiger partial charge in [-0.15, -0.1) is 0 Å². The molecule has 0 aliphatic carbocycles. The number of hydrogen-bond donors (Lipinski definition) is 1. The zero-order valence-corrected chi connectivity index (χ0v) is 12.0. The van der Waals surface area contributed by atoms with E-state index in [-0.39, 0.29) is 5.75 Å². The predicted molar refractivity (Wildman–Crippen MR) is 80.1 cm³/mol. The monoisotopic (exact) mass is 280 g/mol. The maximum absolute atomic E-state index is 9.55. The van der Waals surface area contributed by atoms with Gasteiger partial charge in [0.25, 0.3) is 5.89 Å². The Bertz CT molecular complexity index is 778. The van der Waals surface area contributed by atoms with Crippen molar-refractivity contribution in [1.29, 1.82) is 0 Å². The SMILES string of the molecule is Cc1cccc(Cc2noc(-c3ccc(O)c(C)c3)n2)c1. The lowest BCUT2D eigenvalue weighted by Gasteiger charge is -1.99. The van der Waals surface area contributed by atoms with Crippen LogP contribution in [0, 0.1) is 13.8 Å². The van der Waals surface area contributed by atoms with Crippen LogP contribution in [0.15, 0.2) is 47.0 Å². The van der Waals surface area contributed by atoms with Crippen molar-refractivity contribution in [3.8, 4) is 17.2 Å². The van der Waals surface area contributed by atoms with E-state index in [1.165, 1.54) is 5.56 Å². The summed E-state index contributed by atoms with van der Waals surface area (Å²) in [5.41, 5.74) is 3.97. The zero-order valence-electron chi connectivity index (χ0n) is 12.0. The lowest BCUT2D eigenvalue weighted by Crippen LogP contribution is -1.91. The van der Waals surface area contributed by atoms with Gasteiger partial charge < -0.3 is 9.63 Å². The van der Waals surface area contributed by atoms with Crippen LogP contribution in [0.1, 0.15) is 22.5 Å². The van der Waals surface area contributed by atoms with E-state index in [9.17, 15) is 5.11 Å². The molecule has 0 atom stereocenters. The van der Waals surface area contributed by atoms with Crippen molar-refractivity contribution >= 4 is 0 Å². The van der Waals surface area contributed by atoms with Gasteiger partial charge in [-0.1, -0.05) is 35.0 Å². The zero-order chi connectivity index (χ0) is 14.8. The number of rotatable bonds is 3. The molecule has 0 aliphatic rings. The molecule has 0 amide bonds. The molecular weight excluding hydrogens is 264 g/mol. The van der Waals surface area contributed by atoms with Crippen LogP contribution in [0.3, 0.4) is 0 Å². The van der Waals surface area contributed by atoms with E-state index in [0.717, 1.165) is 16.7 Å². The highest BCUT2D eigenvalue weighted by Gasteiger charge is 2.10. The summed E-state index contributed by atoms with van der Waals surface area (Å²) in [5.74, 6) is 1.39. The van der Waals surface area contributed by atoms with Crippen LogP contribution in [0.2, 0.25) is 0 Å². The topological polar surface area (TPSA) is 59.2 Å². The third-order valence-corrected chi connectivity index (χ3v) is 3.36. The van der Waals surface area contributed by atoms with E-state index in [2.05, 4.69) is 29.2 Å². The molecule has 0 radical (unpaired) electrons. The first-order chi connectivity index (χ1) is 10.1. The summed E-state index contributed by atoms with van der Waals surface area (Å²) in [4.78, 5) is 4.42. The summed E-state index contributed by atoms with van der Waals surface area (Å²) in [7, 11) is 0. The largest absolute Gasteiger partial charge is 0.508 e. The highest BCUT2D eigenvalue weighted by Crippen LogP contribution is 2.24. The van der Waals surface area contributed by atoms with Gasteiger partial charge >= 0.3 is 0 Å². The van der Waals surface area contributed by atoms with Gasteiger partial charge in [0.05, 0.1) is 0 Å². The highest BCUT2D eigenvalue weighted by atomic mass is 16.5. The first kappa shape index (κ1) is 13.4. The van der Waals surface area contributed by atoms with E-state index in [1.807, 2.05) is 25.1 Å².